The maximum Gasteiger partial charge on any atom is 0.157 e. The van der Waals surface area contributed by atoms with Gasteiger partial charge in [0.2, 0.25) is 0 Å². The van der Waals surface area contributed by atoms with Gasteiger partial charge in [0, 0.05) is 11.7 Å². The third-order valence-corrected chi connectivity index (χ3v) is 1.43. The largest absolute Gasteiger partial charge is 0.342 e. The van der Waals surface area contributed by atoms with Crippen LogP contribution < -0.4 is 0 Å². The number of nitrogens with zero attached hydrogens (tertiary/aromatic N) is 2. The summed E-state index contributed by atoms with van der Waals surface area (Å²) in [5, 5.41) is 6.96. The first kappa shape index (κ1) is 7.25. The van der Waals surface area contributed by atoms with E-state index in [9.17, 15) is 0 Å². The molecular weight excluding hydrogens is 128 g/mol. The van der Waals surface area contributed by atoms with Crippen molar-refractivity contribution in [2.24, 2.45) is 0 Å². The lowest BCUT2D eigenvalue weighted by Crippen LogP contribution is -1.80. The van der Waals surface area contributed by atoms with Crippen LogP contribution in [0.3, 0.4) is 0 Å². The standard InChI is InChI=1S/C7H12N2O/c1-2-3-4-5-7-6-8-9-10-7/h6H,2-5H2,1H3. The van der Waals surface area contributed by atoms with Gasteiger partial charge >= 0.3 is 0 Å². The van der Waals surface area contributed by atoms with E-state index in [-0.39, 0.29) is 0 Å². The average molecular weight is 140 g/mol. The summed E-state index contributed by atoms with van der Waals surface area (Å²) in [6.45, 7) is 2.18. The minimum Gasteiger partial charge on any atom is -0.342 e. The van der Waals surface area contributed by atoms with Gasteiger partial charge in [0.05, 0.1) is 6.20 Å². The van der Waals surface area contributed by atoms with Crippen molar-refractivity contribution in [2.75, 3.05) is 0 Å². The topological polar surface area (TPSA) is 38.9 Å². The van der Waals surface area contributed by atoms with Gasteiger partial charge in [-0.25, -0.2) is 0 Å². The van der Waals surface area contributed by atoms with Crippen molar-refractivity contribution in [3.05, 3.63) is 12.0 Å². The van der Waals surface area contributed by atoms with Crippen molar-refractivity contribution >= 4 is 0 Å². The molecule has 3 heteroatoms. The van der Waals surface area contributed by atoms with E-state index in [1.54, 1.807) is 6.20 Å². The summed E-state index contributed by atoms with van der Waals surface area (Å²) < 4.78 is 4.82. The van der Waals surface area contributed by atoms with E-state index in [1.807, 2.05) is 0 Å². The molecule has 0 bridgehead atoms. The number of rotatable bonds is 4. The lowest BCUT2D eigenvalue weighted by molar-refractivity contribution is 0.359. The Kier molecular flexibility index (Phi) is 2.93. The second-order valence-electron chi connectivity index (χ2n) is 2.34. The van der Waals surface area contributed by atoms with Crippen molar-refractivity contribution in [3.8, 4) is 0 Å². The number of aryl methyl sites for hydroxylation is 1. The molecule has 3 nitrogen and oxygen atoms in total. The lowest BCUT2D eigenvalue weighted by atomic mass is 10.2. The van der Waals surface area contributed by atoms with Gasteiger partial charge in [0.25, 0.3) is 0 Å². The van der Waals surface area contributed by atoms with Crippen LogP contribution in [0.1, 0.15) is 31.9 Å². The van der Waals surface area contributed by atoms with Gasteiger partial charge in [-0.05, 0) is 6.42 Å². The van der Waals surface area contributed by atoms with Crippen LogP contribution in [-0.2, 0) is 6.42 Å². The van der Waals surface area contributed by atoms with Crippen LogP contribution in [0.25, 0.3) is 0 Å². The molecule has 1 aromatic rings. The molecule has 0 amide bonds. The minimum atomic E-state index is 0.897. The Balaban J connectivity index is 2.15. The third kappa shape index (κ3) is 2.17. The monoisotopic (exact) mass is 140 g/mol. The van der Waals surface area contributed by atoms with Crippen LogP contribution in [0, 0.1) is 0 Å². The molecule has 0 unspecified atom stereocenters. The Morgan fingerprint density at radius 2 is 2.40 bits per heavy atom. The Hall–Kier alpha value is -0.860. The number of aromatic nitrogens is 2. The van der Waals surface area contributed by atoms with Crippen molar-refractivity contribution in [2.45, 2.75) is 32.6 Å². The smallest absolute Gasteiger partial charge is 0.157 e. The fourth-order valence-electron chi connectivity index (χ4n) is 0.847. The fourth-order valence-corrected chi connectivity index (χ4v) is 0.847. The molecule has 0 aliphatic carbocycles. The number of hydrogen-bond acceptors (Lipinski definition) is 3. The first-order valence-electron chi connectivity index (χ1n) is 3.69. The molecule has 1 rings (SSSR count). The predicted molar refractivity (Wildman–Crippen MR) is 37.5 cm³/mol. The summed E-state index contributed by atoms with van der Waals surface area (Å²) in [7, 11) is 0. The summed E-state index contributed by atoms with van der Waals surface area (Å²) in [4.78, 5) is 0. The molecule has 0 spiro atoms. The van der Waals surface area contributed by atoms with Gasteiger partial charge in [0.15, 0.2) is 5.76 Å². The van der Waals surface area contributed by atoms with Crippen LogP contribution >= 0.6 is 0 Å². The van der Waals surface area contributed by atoms with Gasteiger partial charge in [0.1, 0.15) is 0 Å². The molecule has 0 aliphatic rings. The maximum atomic E-state index is 4.82. The Morgan fingerprint density at radius 3 is 3.00 bits per heavy atom. The van der Waals surface area contributed by atoms with E-state index < -0.39 is 0 Å². The van der Waals surface area contributed by atoms with Gasteiger partial charge in [-0.2, -0.15) is 0 Å². The highest BCUT2D eigenvalue weighted by Crippen LogP contribution is 2.02. The molecule has 0 N–H and O–H groups in total. The molecule has 56 valence electrons. The highest BCUT2D eigenvalue weighted by Gasteiger charge is 1.95. The van der Waals surface area contributed by atoms with Crippen LogP contribution in [0.15, 0.2) is 10.7 Å². The number of hydrogen-bond donors (Lipinski definition) is 0. The quantitative estimate of drug-likeness (QED) is 0.598. The first-order chi connectivity index (χ1) is 4.93. The molecule has 0 saturated carbocycles. The molecule has 0 aromatic carbocycles. The maximum absolute atomic E-state index is 4.82. The predicted octanol–water partition coefficient (Wildman–Crippen LogP) is 1.80. The fraction of sp³-hybridized carbons (Fsp3) is 0.714. The Morgan fingerprint density at radius 1 is 1.50 bits per heavy atom. The Labute approximate surface area is 60.4 Å². The zero-order valence-electron chi connectivity index (χ0n) is 6.21. The molecule has 1 heterocycles. The lowest BCUT2D eigenvalue weighted by Gasteiger charge is -1.91. The summed E-state index contributed by atoms with van der Waals surface area (Å²) in [6.07, 6.45) is 6.31. The van der Waals surface area contributed by atoms with Crippen LogP contribution in [0.2, 0.25) is 0 Å². The van der Waals surface area contributed by atoms with Gasteiger partial charge in [-0.3, -0.25) is 0 Å². The molecular formula is C7H12N2O. The highest BCUT2D eigenvalue weighted by molar-refractivity contribution is 4.84. The molecule has 0 fully saturated rings. The van der Waals surface area contributed by atoms with Crippen LogP contribution in [0.4, 0.5) is 0 Å². The van der Waals surface area contributed by atoms with E-state index in [2.05, 4.69) is 17.3 Å². The van der Waals surface area contributed by atoms with E-state index in [1.165, 1.54) is 19.3 Å². The normalized spacial score (nSPS) is 10.1. The molecule has 0 radical (unpaired) electrons. The summed E-state index contributed by atoms with van der Waals surface area (Å²) in [5.74, 6) is 0.897. The van der Waals surface area contributed by atoms with E-state index in [4.69, 9.17) is 4.52 Å². The van der Waals surface area contributed by atoms with Crippen molar-refractivity contribution in [1.29, 1.82) is 0 Å². The van der Waals surface area contributed by atoms with E-state index in [0.717, 1.165) is 12.2 Å². The molecule has 10 heavy (non-hydrogen) atoms. The van der Waals surface area contributed by atoms with Crippen LogP contribution in [-0.4, -0.2) is 10.4 Å². The zero-order chi connectivity index (χ0) is 7.23. The van der Waals surface area contributed by atoms with E-state index in [0.29, 0.717) is 0 Å². The Bertz CT molecular complexity index is 160. The average Bonchev–Trinajstić information content (AvgIpc) is 2.41. The third-order valence-electron chi connectivity index (χ3n) is 1.43. The molecule has 0 atom stereocenters. The highest BCUT2D eigenvalue weighted by atomic mass is 16.5. The molecule has 0 aliphatic heterocycles. The molecule has 0 saturated heterocycles. The van der Waals surface area contributed by atoms with Crippen molar-refractivity contribution in [3.63, 3.8) is 0 Å². The van der Waals surface area contributed by atoms with Crippen molar-refractivity contribution in [1.82, 2.24) is 10.4 Å². The summed E-state index contributed by atoms with van der Waals surface area (Å²) in [5.41, 5.74) is 0. The van der Waals surface area contributed by atoms with Crippen LogP contribution in [0.5, 0.6) is 0 Å². The molecule has 1 aromatic heterocycles. The van der Waals surface area contributed by atoms with E-state index >= 15 is 0 Å². The zero-order valence-corrected chi connectivity index (χ0v) is 6.21. The summed E-state index contributed by atoms with van der Waals surface area (Å²) >= 11 is 0. The number of unbranched alkanes of at least 4 members (excludes halogenated alkanes) is 2. The van der Waals surface area contributed by atoms with Gasteiger partial charge < -0.3 is 4.52 Å². The van der Waals surface area contributed by atoms with Gasteiger partial charge in [-0.1, -0.05) is 19.8 Å². The summed E-state index contributed by atoms with van der Waals surface area (Å²) in [6, 6.07) is 0. The first-order valence-corrected chi connectivity index (χ1v) is 3.69. The second-order valence-corrected chi connectivity index (χ2v) is 2.34. The SMILES string of the molecule is CCCCCc1cnno1. The minimum absolute atomic E-state index is 0.897. The van der Waals surface area contributed by atoms with Gasteiger partial charge in [-0.15, -0.1) is 5.10 Å². The van der Waals surface area contributed by atoms with Crippen molar-refractivity contribution < 1.29 is 4.52 Å². The second kappa shape index (κ2) is 4.04.